The highest BCUT2D eigenvalue weighted by Crippen LogP contribution is 2.23. The SMILES string of the molecule is CCN(CCO)C(=O)Cc1c(C)nn(-c2ccc(C)c(Cl)c2)c1C. The fourth-order valence-corrected chi connectivity index (χ4v) is 2.91. The molecular formula is C18H24ClN3O2. The predicted octanol–water partition coefficient (Wildman–Crippen LogP) is 2.83. The average Bonchev–Trinajstić information content (AvgIpc) is 2.83. The maximum Gasteiger partial charge on any atom is 0.227 e. The summed E-state index contributed by atoms with van der Waals surface area (Å²) in [5.41, 5.74) is 4.58. The number of likely N-dealkylation sites (N-methyl/N-ethyl adjacent to an activating group) is 1. The van der Waals surface area contributed by atoms with E-state index in [4.69, 9.17) is 16.7 Å². The van der Waals surface area contributed by atoms with Gasteiger partial charge in [-0.05, 0) is 45.4 Å². The molecule has 0 radical (unpaired) electrons. The van der Waals surface area contributed by atoms with E-state index in [9.17, 15) is 4.79 Å². The van der Waals surface area contributed by atoms with Crippen LogP contribution in [0.3, 0.4) is 0 Å². The number of benzene rings is 1. The number of carbonyl (C=O) groups is 1. The van der Waals surface area contributed by atoms with Crippen molar-refractivity contribution in [3.8, 4) is 5.69 Å². The summed E-state index contributed by atoms with van der Waals surface area (Å²) in [5.74, 6) is -0.000705. The highest BCUT2D eigenvalue weighted by Gasteiger charge is 2.19. The molecule has 0 bridgehead atoms. The van der Waals surface area contributed by atoms with E-state index in [1.54, 1.807) is 4.90 Å². The van der Waals surface area contributed by atoms with Gasteiger partial charge in [-0.3, -0.25) is 4.79 Å². The minimum Gasteiger partial charge on any atom is -0.395 e. The molecule has 1 aromatic carbocycles. The fraction of sp³-hybridized carbons (Fsp3) is 0.444. The Kier molecular flexibility index (Phi) is 6.02. The van der Waals surface area contributed by atoms with Crippen LogP contribution < -0.4 is 0 Å². The number of hydrogen-bond acceptors (Lipinski definition) is 3. The first-order chi connectivity index (χ1) is 11.4. The molecule has 1 N–H and O–H groups in total. The highest BCUT2D eigenvalue weighted by atomic mass is 35.5. The zero-order valence-electron chi connectivity index (χ0n) is 14.6. The van der Waals surface area contributed by atoms with Gasteiger partial charge in [0, 0.05) is 29.4 Å². The molecule has 1 amide bonds. The minimum atomic E-state index is -0.0291. The van der Waals surface area contributed by atoms with Crippen LogP contribution in [0.25, 0.3) is 5.69 Å². The van der Waals surface area contributed by atoms with Crippen LogP contribution in [0.4, 0.5) is 0 Å². The standard InChI is InChI=1S/C18H24ClN3O2/c1-5-21(8-9-23)18(24)11-16-13(3)20-22(14(16)4)15-7-6-12(2)17(19)10-15/h6-7,10,23H,5,8-9,11H2,1-4H3. The van der Waals surface area contributed by atoms with Gasteiger partial charge in [0.15, 0.2) is 0 Å². The zero-order chi connectivity index (χ0) is 17.9. The van der Waals surface area contributed by atoms with Crippen molar-refractivity contribution in [1.29, 1.82) is 0 Å². The molecule has 5 nitrogen and oxygen atoms in total. The molecule has 0 spiro atoms. The molecule has 130 valence electrons. The third-order valence-corrected chi connectivity index (χ3v) is 4.68. The van der Waals surface area contributed by atoms with E-state index in [1.807, 2.05) is 50.6 Å². The van der Waals surface area contributed by atoms with Crippen LogP contribution in [-0.4, -0.2) is 45.4 Å². The number of aliphatic hydroxyl groups excluding tert-OH is 1. The van der Waals surface area contributed by atoms with Gasteiger partial charge in [-0.25, -0.2) is 4.68 Å². The van der Waals surface area contributed by atoms with Crippen molar-refractivity contribution in [3.05, 3.63) is 45.7 Å². The lowest BCUT2D eigenvalue weighted by molar-refractivity contribution is -0.130. The zero-order valence-corrected chi connectivity index (χ0v) is 15.4. The van der Waals surface area contributed by atoms with Crippen molar-refractivity contribution >= 4 is 17.5 Å². The third-order valence-electron chi connectivity index (χ3n) is 4.27. The van der Waals surface area contributed by atoms with Crippen molar-refractivity contribution in [1.82, 2.24) is 14.7 Å². The van der Waals surface area contributed by atoms with Crippen LogP contribution in [0.2, 0.25) is 5.02 Å². The maximum absolute atomic E-state index is 12.4. The van der Waals surface area contributed by atoms with Crippen LogP contribution in [0, 0.1) is 20.8 Å². The second-order valence-electron chi connectivity index (χ2n) is 5.87. The monoisotopic (exact) mass is 349 g/mol. The number of rotatable bonds is 6. The molecular weight excluding hydrogens is 326 g/mol. The van der Waals surface area contributed by atoms with E-state index in [0.717, 1.165) is 28.2 Å². The largest absolute Gasteiger partial charge is 0.395 e. The Morgan fingerprint density at radius 2 is 2.04 bits per heavy atom. The third kappa shape index (κ3) is 3.79. The van der Waals surface area contributed by atoms with Crippen molar-refractivity contribution in [2.75, 3.05) is 19.7 Å². The normalized spacial score (nSPS) is 10.9. The highest BCUT2D eigenvalue weighted by molar-refractivity contribution is 6.31. The van der Waals surface area contributed by atoms with Gasteiger partial charge >= 0.3 is 0 Å². The van der Waals surface area contributed by atoms with Crippen LogP contribution >= 0.6 is 11.6 Å². The molecule has 24 heavy (non-hydrogen) atoms. The van der Waals surface area contributed by atoms with Gasteiger partial charge in [0.05, 0.1) is 24.4 Å². The summed E-state index contributed by atoms with van der Waals surface area (Å²) in [6, 6.07) is 5.81. The molecule has 0 aliphatic heterocycles. The van der Waals surface area contributed by atoms with Crippen LogP contribution in [-0.2, 0) is 11.2 Å². The van der Waals surface area contributed by atoms with Crippen molar-refractivity contribution < 1.29 is 9.90 Å². The number of halogens is 1. The number of amides is 1. The summed E-state index contributed by atoms with van der Waals surface area (Å²) >= 11 is 6.22. The van der Waals surface area contributed by atoms with Gasteiger partial charge < -0.3 is 10.0 Å². The molecule has 0 fully saturated rings. The molecule has 1 heterocycles. The summed E-state index contributed by atoms with van der Waals surface area (Å²) in [7, 11) is 0. The fourth-order valence-electron chi connectivity index (χ4n) is 2.74. The predicted molar refractivity (Wildman–Crippen MR) is 95.8 cm³/mol. The lowest BCUT2D eigenvalue weighted by Gasteiger charge is -2.19. The van der Waals surface area contributed by atoms with E-state index < -0.39 is 0 Å². The summed E-state index contributed by atoms with van der Waals surface area (Å²) in [4.78, 5) is 14.1. The molecule has 0 atom stereocenters. The number of nitrogens with zero attached hydrogens (tertiary/aromatic N) is 3. The first kappa shape index (κ1) is 18.5. The van der Waals surface area contributed by atoms with E-state index in [1.165, 1.54) is 0 Å². The maximum atomic E-state index is 12.4. The summed E-state index contributed by atoms with van der Waals surface area (Å²) in [6.45, 7) is 8.64. The van der Waals surface area contributed by atoms with Gasteiger partial charge in [0.25, 0.3) is 0 Å². The van der Waals surface area contributed by atoms with Crippen molar-refractivity contribution in [2.24, 2.45) is 0 Å². The Hall–Kier alpha value is -1.85. The lowest BCUT2D eigenvalue weighted by Crippen LogP contribution is -2.34. The van der Waals surface area contributed by atoms with E-state index >= 15 is 0 Å². The average molecular weight is 350 g/mol. The molecule has 2 rings (SSSR count). The molecule has 0 saturated heterocycles. The van der Waals surface area contributed by atoms with Crippen LogP contribution in [0.5, 0.6) is 0 Å². The van der Waals surface area contributed by atoms with Gasteiger partial charge in [0.2, 0.25) is 5.91 Å². The molecule has 0 aliphatic carbocycles. The van der Waals surface area contributed by atoms with Crippen LogP contribution in [0.15, 0.2) is 18.2 Å². The number of hydrogen-bond donors (Lipinski definition) is 1. The Labute approximate surface area is 147 Å². The number of aliphatic hydroxyl groups is 1. The van der Waals surface area contributed by atoms with E-state index in [-0.39, 0.29) is 18.9 Å². The minimum absolute atomic E-state index is 0.000705. The van der Waals surface area contributed by atoms with Crippen molar-refractivity contribution in [3.63, 3.8) is 0 Å². The molecule has 6 heteroatoms. The summed E-state index contributed by atoms with van der Waals surface area (Å²) in [6.07, 6.45) is 0.283. The smallest absolute Gasteiger partial charge is 0.227 e. The Morgan fingerprint density at radius 1 is 1.33 bits per heavy atom. The Bertz CT molecular complexity index is 740. The summed E-state index contributed by atoms with van der Waals surface area (Å²) in [5, 5.41) is 14.3. The Balaban J connectivity index is 2.32. The summed E-state index contributed by atoms with van der Waals surface area (Å²) < 4.78 is 1.82. The topological polar surface area (TPSA) is 58.4 Å². The van der Waals surface area contributed by atoms with Gasteiger partial charge in [0.1, 0.15) is 0 Å². The van der Waals surface area contributed by atoms with Gasteiger partial charge in [-0.15, -0.1) is 0 Å². The molecule has 2 aromatic rings. The van der Waals surface area contributed by atoms with Crippen molar-refractivity contribution in [2.45, 2.75) is 34.1 Å². The molecule has 1 aromatic heterocycles. The first-order valence-corrected chi connectivity index (χ1v) is 8.47. The van der Waals surface area contributed by atoms with Crippen LogP contribution in [0.1, 0.15) is 29.4 Å². The number of aryl methyl sites for hydroxylation is 2. The van der Waals surface area contributed by atoms with E-state index in [2.05, 4.69) is 5.10 Å². The molecule has 0 saturated carbocycles. The first-order valence-electron chi connectivity index (χ1n) is 8.09. The second-order valence-corrected chi connectivity index (χ2v) is 6.28. The van der Waals surface area contributed by atoms with Gasteiger partial charge in [-0.2, -0.15) is 5.10 Å². The Morgan fingerprint density at radius 3 is 2.62 bits per heavy atom. The second kappa shape index (κ2) is 7.81. The van der Waals surface area contributed by atoms with Gasteiger partial charge in [-0.1, -0.05) is 17.7 Å². The molecule has 0 unspecified atom stereocenters. The lowest BCUT2D eigenvalue weighted by atomic mass is 10.1. The quantitative estimate of drug-likeness (QED) is 0.872. The number of aromatic nitrogens is 2. The number of carbonyl (C=O) groups excluding carboxylic acids is 1. The van der Waals surface area contributed by atoms with E-state index in [0.29, 0.717) is 18.1 Å². The molecule has 0 aliphatic rings.